The van der Waals surface area contributed by atoms with Crippen LogP contribution in [0.3, 0.4) is 0 Å². The highest BCUT2D eigenvalue weighted by atomic mass is 35.5. The average Bonchev–Trinajstić information content (AvgIpc) is 2.65. The summed E-state index contributed by atoms with van der Waals surface area (Å²) in [6.07, 6.45) is 1.28. The van der Waals surface area contributed by atoms with Gasteiger partial charge in [0.25, 0.3) is 15.9 Å². The van der Waals surface area contributed by atoms with Gasteiger partial charge in [0, 0.05) is 18.0 Å². The van der Waals surface area contributed by atoms with E-state index in [2.05, 4.69) is 15.0 Å². The molecule has 0 aliphatic rings. The second kappa shape index (κ2) is 7.87. The Morgan fingerprint density at radius 2 is 1.82 bits per heavy atom. The van der Waals surface area contributed by atoms with Gasteiger partial charge >= 0.3 is 0 Å². The Balaban J connectivity index is 1.88. The molecule has 0 radical (unpaired) electrons. The van der Waals surface area contributed by atoms with Crippen LogP contribution in [0, 0.1) is 6.92 Å². The van der Waals surface area contributed by atoms with Gasteiger partial charge in [-0.15, -0.1) is 0 Å². The molecule has 7 nitrogen and oxygen atoms in total. The number of H-pyrrole nitrogens is 1. The van der Waals surface area contributed by atoms with Gasteiger partial charge in [0.05, 0.1) is 21.2 Å². The number of hydrogen-bond acceptors (Lipinski definition) is 4. The number of nitrogens with one attached hydrogen (secondary N) is 3. The number of hydrogen-bond donors (Lipinski definition) is 3. The van der Waals surface area contributed by atoms with E-state index in [0.29, 0.717) is 11.3 Å². The van der Waals surface area contributed by atoms with E-state index in [9.17, 15) is 18.0 Å². The molecular formula is C19H16ClN3O4S. The number of aromatic amines is 1. The highest BCUT2D eigenvalue weighted by Gasteiger charge is 2.19. The summed E-state index contributed by atoms with van der Waals surface area (Å²) >= 11 is 6.03. The van der Waals surface area contributed by atoms with Gasteiger partial charge in [-0.2, -0.15) is 0 Å². The van der Waals surface area contributed by atoms with E-state index in [4.69, 9.17) is 11.6 Å². The van der Waals surface area contributed by atoms with Crippen LogP contribution in [-0.2, 0) is 10.0 Å². The summed E-state index contributed by atoms with van der Waals surface area (Å²) in [6, 6.07) is 13.6. The van der Waals surface area contributed by atoms with Gasteiger partial charge in [-0.05, 0) is 42.8 Å². The molecule has 0 aliphatic heterocycles. The Morgan fingerprint density at radius 1 is 1.07 bits per heavy atom. The molecule has 0 atom stereocenters. The predicted octanol–water partition coefficient (Wildman–Crippen LogP) is 3.39. The van der Waals surface area contributed by atoms with Crippen LogP contribution in [-0.4, -0.2) is 19.3 Å². The van der Waals surface area contributed by atoms with E-state index in [0.717, 1.165) is 0 Å². The Bertz CT molecular complexity index is 1190. The van der Waals surface area contributed by atoms with Crippen LogP contribution < -0.4 is 15.6 Å². The van der Waals surface area contributed by atoms with Crippen molar-refractivity contribution in [2.75, 3.05) is 10.0 Å². The van der Waals surface area contributed by atoms with Gasteiger partial charge in [0.1, 0.15) is 0 Å². The highest BCUT2D eigenvalue weighted by Crippen LogP contribution is 2.27. The maximum Gasteiger partial charge on any atom is 0.262 e. The minimum atomic E-state index is -3.93. The van der Waals surface area contributed by atoms with E-state index in [1.807, 2.05) is 0 Å². The van der Waals surface area contributed by atoms with Crippen LogP contribution in [0.1, 0.15) is 15.9 Å². The molecule has 28 heavy (non-hydrogen) atoms. The molecule has 0 unspecified atom stereocenters. The van der Waals surface area contributed by atoms with Gasteiger partial charge in [-0.3, -0.25) is 14.3 Å². The largest absolute Gasteiger partial charge is 0.328 e. The molecule has 3 N–H and O–H groups in total. The first kappa shape index (κ1) is 19.7. The van der Waals surface area contributed by atoms with Crippen LogP contribution in [0.5, 0.6) is 0 Å². The van der Waals surface area contributed by atoms with Crippen LogP contribution in [0.4, 0.5) is 11.4 Å². The van der Waals surface area contributed by atoms with E-state index >= 15 is 0 Å². The summed E-state index contributed by atoms with van der Waals surface area (Å²) in [6.45, 7) is 1.65. The Morgan fingerprint density at radius 3 is 2.50 bits per heavy atom. The number of carbonyl (C=O) groups is 1. The lowest BCUT2D eigenvalue weighted by Crippen LogP contribution is -2.17. The fourth-order valence-electron chi connectivity index (χ4n) is 2.47. The number of carbonyl (C=O) groups excluding carboxylic acids is 1. The van der Waals surface area contributed by atoms with Crippen molar-refractivity contribution < 1.29 is 13.2 Å². The van der Waals surface area contributed by atoms with Gasteiger partial charge in [0.15, 0.2) is 0 Å². The second-order valence-electron chi connectivity index (χ2n) is 5.96. The lowest BCUT2D eigenvalue weighted by Gasteiger charge is -2.13. The molecule has 3 aromatic rings. The number of sulfonamides is 1. The monoisotopic (exact) mass is 417 g/mol. The van der Waals surface area contributed by atoms with Gasteiger partial charge in [0.2, 0.25) is 5.56 Å². The fraction of sp³-hybridized carbons (Fsp3) is 0.0526. The zero-order valence-corrected chi connectivity index (χ0v) is 16.3. The lowest BCUT2D eigenvalue weighted by molar-refractivity contribution is 0.102. The molecule has 0 fully saturated rings. The van der Waals surface area contributed by atoms with E-state index < -0.39 is 15.9 Å². The van der Waals surface area contributed by atoms with Crippen LogP contribution >= 0.6 is 11.6 Å². The molecule has 3 rings (SSSR count). The molecule has 1 heterocycles. The number of anilines is 2. The molecule has 9 heteroatoms. The van der Waals surface area contributed by atoms with Crippen molar-refractivity contribution in [1.82, 2.24) is 4.98 Å². The smallest absolute Gasteiger partial charge is 0.262 e. The van der Waals surface area contributed by atoms with Crippen molar-refractivity contribution in [2.24, 2.45) is 0 Å². The summed E-state index contributed by atoms with van der Waals surface area (Å²) in [5.41, 5.74) is 0.957. The quantitative estimate of drug-likeness (QED) is 0.591. The maximum atomic E-state index is 12.8. The minimum Gasteiger partial charge on any atom is -0.328 e. The number of pyridine rings is 1. The zero-order chi connectivity index (χ0) is 20.3. The number of aromatic nitrogens is 1. The third-order valence-corrected chi connectivity index (χ3v) is 5.74. The van der Waals surface area contributed by atoms with Gasteiger partial charge < -0.3 is 10.3 Å². The van der Waals surface area contributed by atoms with Crippen molar-refractivity contribution in [3.05, 3.63) is 87.3 Å². The molecule has 0 saturated heterocycles. The van der Waals surface area contributed by atoms with Crippen molar-refractivity contribution >= 4 is 38.9 Å². The molecule has 0 aliphatic carbocycles. The average molecular weight is 418 g/mol. The topological polar surface area (TPSA) is 108 Å². The third kappa shape index (κ3) is 4.41. The van der Waals surface area contributed by atoms with Crippen molar-refractivity contribution in [1.29, 1.82) is 0 Å². The second-order valence-corrected chi connectivity index (χ2v) is 8.02. The van der Waals surface area contributed by atoms with Crippen LogP contribution in [0.2, 0.25) is 5.02 Å². The van der Waals surface area contributed by atoms with Gasteiger partial charge in [-0.1, -0.05) is 29.8 Å². The number of aryl methyl sites for hydroxylation is 1. The molecule has 144 valence electrons. The molecule has 0 saturated carbocycles. The number of benzene rings is 2. The lowest BCUT2D eigenvalue weighted by atomic mass is 10.2. The van der Waals surface area contributed by atoms with E-state index in [1.54, 1.807) is 43.3 Å². The Hall–Kier alpha value is -3.10. The summed E-state index contributed by atoms with van der Waals surface area (Å²) in [4.78, 5) is 25.8. The summed E-state index contributed by atoms with van der Waals surface area (Å²) < 4.78 is 28.0. The van der Waals surface area contributed by atoms with Crippen LogP contribution in [0.25, 0.3) is 0 Å². The summed E-state index contributed by atoms with van der Waals surface area (Å²) in [5.74, 6) is -0.484. The first-order chi connectivity index (χ1) is 13.3. The normalized spacial score (nSPS) is 11.1. The van der Waals surface area contributed by atoms with E-state index in [-0.39, 0.29) is 26.7 Å². The maximum absolute atomic E-state index is 12.8. The third-order valence-electron chi connectivity index (χ3n) is 3.90. The molecular weight excluding hydrogens is 402 g/mol. The van der Waals surface area contributed by atoms with Crippen molar-refractivity contribution in [2.45, 2.75) is 11.8 Å². The first-order valence-corrected chi connectivity index (χ1v) is 10.0. The fourth-order valence-corrected chi connectivity index (χ4v) is 4.06. The SMILES string of the molecule is Cc1ccc(NC(=O)c2ccc(=O)[nH]c2)cc1S(=O)(=O)Nc1ccccc1Cl. The summed E-state index contributed by atoms with van der Waals surface area (Å²) in [5, 5.41) is 2.88. The standard InChI is InChI=1S/C19H16ClN3O4S/c1-12-6-8-14(22-19(25)13-7-9-18(24)21-11-13)10-17(12)28(26,27)23-16-5-3-2-4-15(16)20/h2-11,23H,1H3,(H,21,24)(H,22,25). The minimum absolute atomic E-state index is 0.00619. The Kier molecular flexibility index (Phi) is 5.53. The molecule has 2 aromatic carbocycles. The van der Waals surface area contributed by atoms with Crippen molar-refractivity contribution in [3.8, 4) is 0 Å². The van der Waals surface area contributed by atoms with E-state index in [1.165, 1.54) is 24.4 Å². The Labute approximate surface area is 166 Å². The van der Waals surface area contributed by atoms with Crippen molar-refractivity contribution in [3.63, 3.8) is 0 Å². The predicted molar refractivity (Wildman–Crippen MR) is 108 cm³/mol. The zero-order valence-electron chi connectivity index (χ0n) is 14.7. The molecule has 0 bridgehead atoms. The number of amides is 1. The molecule has 1 amide bonds. The first-order valence-electron chi connectivity index (χ1n) is 8.14. The van der Waals surface area contributed by atoms with Gasteiger partial charge in [-0.25, -0.2) is 8.42 Å². The molecule has 1 aromatic heterocycles. The van der Waals surface area contributed by atoms with Crippen LogP contribution in [0.15, 0.2) is 70.5 Å². The number of halogens is 1. The molecule has 0 spiro atoms. The number of para-hydroxylation sites is 1. The summed E-state index contributed by atoms with van der Waals surface area (Å²) in [7, 11) is -3.93. The highest BCUT2D eigenvalue weighted by molar-refractivity contribution is 7.92. The number of rotatable bonds is 5.